The first-order valence-electron chi connectivity index (χ1n) is 10.0. The van der Waals surface area contributed by atoms with Crippen LogP contribution in [0, 0.1) is 23.0 Å². The lowest BCUT2D eigenvalue weighted by Crippen LogP contribution is -2.12. The Kier molecular flexibility index (Phi) is 4.46. The number of hydrogen-bond donors (Lipinski definition) is 0. The molecular formula is C22H21N5O4. The number of benzene rings is 2. The number of ether oxygens (including phenoxy) is 2. The summed E-state index contributed by atoms with van der Waals surface area (Å²) in [6.45, 7) is 4.23. The Balaban J connectivity index is 1.69. The van der Waals surface area contributed by atoms with Crippen molar-refractivity contribution in [2.75, 3.05) is 6.79 Å². The largest absolute Gasteiger partial charge is 0.454 e. The maximum atomic E-state index is 11.1. The van der Waals surface area contributed by atoms with Gasteiger partial charge in [0.25, 0.3) is 5.69 Å². The summed E-state index contributed by atoms with van der Waals surface area (Å²) in [5.74, 6) is 3.01. The maximum Gasteiger partial charge on any atom is 0.269 e. The van der Waals surface area contributed by atoms with E-state index in [1.807, 2.05) is 26.1 Å². The molecule has 5 rings (SSSR count). The van der Waals surface area contributed by atoms with Gasteiger partial charge in [-0.2, -0.15) is 5.10 Å². The molecule has 3 heterocycles. The lowest BCUT2D eigenvalue weighted by atomic mass is 9.91. The monoisotopic (exact) mass is 419 g/mol. The van der Waals surface area contributed by atoms with E-state index in [0.717, 1.165) is 40.4 Å². The van der Waals surface area contributed by atoms with Crippen LogP contribution in [0.3, 0.4) is 0 Å². The molecule has 0 amide bonds. The molecule has 9 nitrogen and oxygen atoms in total. The Hall–Kier alpha value is -3.75. The fourth-order valence-electron chi connectivity index (χ4n) is 4.06. The van der Waals surface area contributed by atoms with Crippen molar-refractivity contribution in [3.8, 4) is 11.5 Å². The Morgan fingerprint density at radius 1 is 1.16 bits per heavy atom. The van der Waals surface area contributed by atoms with Crippen molar-refractivity contribution in [1.82, 2.24) is 14.8 Å². The highest BCUT2D eigenvalue weighted by Gasteiger charge is 2.31. The highest BCUT2D eigenvalue weighted by atomic mass is 16.7. The molecule has 2 aliphatic heterocycles. The third-order valence-corrected chi connectivity index (χ3v) is 5.82. The quantitative estimate of drug-likeness (QED) is 0.475. The summed E-state index contributed by atoms with van der Waals surface area (Å²) in [6, 6.07) is 10.2. The van der Waals surface area contributed by atoms with Crippen molar-refractivity contribution in [1.29, 1.82) is 0 Å². The molecule has 2 unspecified atom stereocenters. The second kappa shape index (κ2) is 7.19. The predicted octanol–water partition coefficient (Wildman–Crippen LogP) is 3.53. The maximum absolute atomic E-state index is 11.1. The van der Waals surface area contributed by atoms with Crippen LogP contribution in [-0.2, 0) is 13.5 Å². The molecule has 0 aliphatic carbocycles. The first kappa shape index (κ1) is 19.2. The van der Waals surface area contributed by atoms with E-state index in [0.29, 0.717) is 11.6 Å². The van der Waals surface area contributed by atoms with Gasteiger partial charge in [-0.05, 0) is 49.1 Å². The summed E-state index contributed by atoms with van der Waals surface area (Å²) in [5, 5.41) is 15.7. The molecule has 0 bridgehead atoms. The number of aromatic nitrogens is 3. The smallest absolute Gasteiger partial charge is 0.269 e. The van der Waals surface area contributed by atoms with Gasteiger partial charge in [-0.3, -0.25) is 19.8 Å². The number of hydrogen-bond acceptors (Lipinski definition) is 7. The van der Waals surface area contributed by atoms with Crippen LogP contribution in [0.15, 0.2) is 41.4 Å². The van der Waals surface area contributed by atoms with E-state index in [4.69, 9.17) is 14.5 Å². The molecule has 0 spiro atoms. The number of nitro groups is 1. The van der Waals surface area contributed by atoms with Crippen LogP contribution in [-0.4, -0.2) is 32.2 Å². The summed E-state index contributed by atoms with van der Waals surface area (Å²) in [7, 11) is 1.86. The topological polar surface area (TPSA) is 105 Å². The summed E-state index contributed by atoms with van der Waals surface area (Å²) in [5.41, 5.74) is 3.58. The van der Waals surface area contributed by atoms with Crippen molar-refractivity contribution >= 4 is 11.4 Å². The molecular weight excluding hydrogens is 398 g/mol. The van der Waals surface area contributed by atoms with Crippen molar-refractivity contribution in [3.63, 3.8) is 0 Å². The van der Waals surface area contributed by atoms with Crippen LogP contribution in [0.25, 0.3) is 0 Å². The molecule has 0 N–H and O–H groups in total. The number of aliphatic imine (C=N–C) groups is 1. The second-order valence-corrected chi connectivity index (χ2v) is 7.91. The van der Waals surface area contributed by atoms with Crippen LogP contribution in [0.5, 0.6) is 11.5 Å². The molecule has 2 aliphatic rings. The Labute approximate surface area is 178 Å². The molecule has 9 heteroatoms. The number of nitro benzene ring substituents is 1. The van der Waals surface area contributed by atoms with Crippen molar-refractivity contribution in [3.05, 3.63) is 74.9 Å². The third kappa shape index (κ3) is 3.31. The number of aryl methyl sites for hydroxylation is 2. The van der Waals surface area contributed by atoms with Crippen molar-refractivity contribution in [2.24, 2.45) is 18.0 Å². The van der Waals surface area contributed by atoms with E-state index in [1.165, 1.54) is 12.1 Å². The van der Waals surface area contributed by atoms with E-state index in [1.54, 1.807) is 16.8 Å². The SMILES string of the molecule is Cc1nc(C2N=C(c3ccc([N+](=O)[O-])cc3)c3cc4c(cc3CC2C)OCO4)nn1C. The minimum absolute atomic E-state index is 0.0378. The molecule has 0 fully saturated rings. The van der Waals surface area contributed by atoms with Crippen LogP contribution < -0.4 is 9.47 Å². The van der Waals surface area contributed by atoms with E-state index >= 15 is 0 Å². The average Bonchev–Trinajstić information content (AvgIpc) is 3.30. The molecule has 3 aromatic rings. The fraction of sp³-hybridized carbons (Fsp3) is 0.318. The number of non-ortho nitro benzene ring substituents is 1. The minimum atomic E-state index is -0.407. The van der Waals surface area contributed by atoms with Gasteiger partial charge in [0, 0.05) is 30.3 Å². The number of nitrogens with zero attached hydrogens (tertiary/aromatic N) is 5. The lowest BCUT2D eigenvalue weighted by molar-refractivity contribution is -0.384. The zero-order valence-electron chi connectivity index (χ0n) is 17.4. The molecule has 1 aromatic heterocycles. The van der Waals surface area contributed by atoms with Crippen LogP contribution >= 0.6 is 0 Å². The molecule has 0 radical (unpaired) electrons. The normalized spacial score (nSPS) is 19.5. The number of fused-ring (bicyclic) bond motifs is 2. The lowest BCUT2D eigenvalue weighted by Gasteiger charge is -2.16. The van der Waals surface area contributed by atoms with Gasteiger partial charge in [0.2, 0.25) is 6.79 Å². The van der Waals surface area contributed by atoms with Gasteiger partial charge in [-0.15, -0.1) is 0 Å². The van der Waals surface area contributed by atoms with E-state index in [9.17, 15) is 10.1 Å². The standard InChI is InChI=1S/C22H21N5O4/c1-12-8-15-9-18-19(31-11-30-18)10-17(15)21(14-4-6-16(7-5-14)27(28)29)24-20(12)22-23-13(2)26(3)25-22/h4-7,9-10,12,20H,8,11H2,1-3H3. The molecule has 2 aromatic carbocycles. The Bertz CT molecular complexity index is 1200. The van der Waals surface area contributed by atoms with Gasteiger partial charge in [-0.25, -0.2) is 4.98 Å². The van der Waals surface area contributed by atoms with Gasteiger partial charge >= 0.3 is 0 Å². The molecule has 0 saturated heterocycles. The van der Waals surface area contributed by atoms with E-state index in [-0.39, 0.29) is 24.4 Å². The third-order valence-electron chi connectivity index (χ3n) is 5.82. The van der Waals surface area contributed by atoms with Crippen LogP contribution in [0.4, 0.5) is 5.69 Å². The first-order chi connectivity index (χ1) is 14.9. The van der Waals surface area contributed by atoms with Gasteiger partial charge in [-0.1, -0.05) is 6.92 Å². The molecule has 2 atom stereocenters. The predicted molar refractivity (Wildman–Crippen MR) is 113 cm³/mol. The second-order valence-electron chi connectivity index (χ2n) is 7.91. The van der Waals surface area contributed by atoms with Gasteiger partial charge < -0.3 is 9.47 Å². The number of rotatable bonds is 3. The summed E-state index contributed by atoms with van der Waals surface area (Å²) < 4.78 is 12.9. The minimum Gasteiger partial charge on any atom is -0.454 e. The van der Waals surface area contributed by atoms with E-state index in [2.05, 4.69) is 17.0 Å². The summed E-state index contributed by atoms with van der Waals surface area (Å²) in [6.07, 6.45) is 0.758. The van der Waals surface area contributed by atoms with Gasteiger partial charge in [0.1, 0.15) is 11.9 Å². The van der Waals surface area contributed by atoms with Crippen LogP contribution in [0.1, 0.15) is 41.3 Å². The van der Waals surface area contributed by atoms with Gasteiger partial charge in [0.15, 0.2) is 17.3 Å². The first-order valence-corrected chi connectivity index (χ1v) is 10.0. The molecule has 31 heavy (non-hydrogen) atoms. The zero-order valence-corrected chi connectivity index (χ0v) is 17.4. The highest BCUT2D eigenvalue weighted by molar-refractivity contribution is 6.14. The van der Waals surface area contributed by atoms with Crippen molar-refractivity contribution < 1.29 is 14.4 Å². The summed E-state index contributed by atoms with van der Waals surface area (Å²) >= 11 is 0. The Morgan fingerprint density at radius 3 is 2.52 bits per heavy atom. The average molecular weight is 419 g/mol. The highest BCUT2D eigenvalue weighted by Crippen LogP contribution is 2.40. The zero-order chi connectivity index (χ0) is 21.7. The van der Waals surface area contributed by atoms with Gasteiger partial charge in [0.05, 0.1) is 10.6 Å². The summed E-state index contributed by atoms with van der Waals surface area (Å²) in [4.78, 5) is 20.4. The van der Waals surface area contributed by atoms with E-state index < -0.39 is 4.92 Å². The van der Waals surface area contributed by atoms with Crippen molar-refractivity contribution in [2.45, 2.75) is 26.3 Å². The Morgan fingerprint density at radius 2 is 1.87 bits per heavy atom. The molecule has 158 valence electrons. The molecule has 0 saturated carbocycles. The fourth-order valence-corrected chi connectivity index (χ4v) is 4.06. The van der Waals surface area contributed by atoms with Crippen LogP contribution in [0.2, 0.25) is 0 Å².